The lowest BCUT2D eigenvalue weighted by atomic mass is 9.96. The van der Waals surface area contributed by atoms with Crippen molar-refractivity contribution in [3.8, 4) is 11.9 Å². The Bertz CT molecular complexity index is 645. The summed E-state index contributed by atoms with van der Waals surface area (Å²) in [4.78, 5) is 33.6. The van der Waals surface area contributed by atoms with Crippen LogP contribution in [0.4, 0.5) is 9.59 Å². The molecule has 9 heteroatoms. The number of aromatic nitrogens is 2. The first-order chi connectivity index (χ1) is 12.1. The Morgan fingerprint density at radius 2 is 1.96 bits per heavy atom. The molecule has 0 N–H and O–H groups in total. The van der Waals surface area contributed by atoms with Crippen LogP contribution >= 0.6 is 0 Å². The van der Waals surface area contributed by atoms with Crippen LogP contribution in [0.3, 0.4) is 0 Å². The van der Waals surface area contributed by atoms with Gasteiger partial charge in [-0.2, -0.15) is 9.97 Å². The van der Waals surface area contributed by atoms with Gasteiger partial charge in [-0.15, -0.1) is 0 Å². The van der Waals surface area contributed by atoms with Crippen molar-refractivity contribution in [1.82, 2.24) is 14.9 Å². The number of carbonyl (C=O) groups is 2. The number of hydrogen-bond donors (Lipinski definition) is 0. The van der Waals surface area contributed by atoms with Gasteiger partial charge in [0.2, 0.25) is 5.88 Å². The van der Waals surface area contributed by atoms with Crippen LogP contribution in [0, 0.1) is 0 Å². The van der Waals surface area contributed by atoms with Crippen LogP contribution in [-0.2, 0) is 9.47 Å². The normalized spacial score (nSPS) is 25.2. The number of methoxy groups -OCH3 is 2. The van der Waals surface area contributed by atoms with Gasteiger partial charge in [0.1, 0.15) is 6.10 Å². The number of imide groups is 1. The summed E-state index contributed by atoms with van der Waals surface area (Å²) in [5.74, 6) is 0.289. The van der Waals surface area contributed by atoms with E-state index in [1.165, 1.54) is 14.2 Å². The Hall–Kier alpha value is -2.58. The minimum atomic E-state index is -0.731. The number of cyclic esters (lactones) is 2. The lowest BCUT2D eigenvalue weighted by Crippen LogP contribution is -2.48. The Labute approximate surface area is 145 Å². The lowest BCUT2D eigenvalue weighted by Gasteiger charge is -2.32. The lowest BCUT2D eigenvalue weighted by molar-refractivity contribution is 0.0122. The molecule has 0 radical (unpaired) electrons. The van der Waals surface area contributed by atoms with Gasteiger partial charge in [0, 0.05) is 12.5 Å². The third-order valence-corrected chi connectivity index (χ3v) is 4.34. The molecule has 1 aromatic rings. The van der Waals surface area contributed by atoms with Gasteiger partial charge in [-0.1, -0.05) is 19.8 Å². The molecule has 3 rings (SSSR count). The third kappa shape index (κ3) is 3.31. The fraction of sp³-hybridized carbons (Fsp3) is 0.625. The van der Waals surface area contributed by atoms with Crippen LogP contribution in [0.1, 0.15) is 44.4 Å². The largest absolute Gasteiger partial charge is 0.481 e. The second kappa shape index (κ2) is 7.12. The molecule has 0 aliphatic carbocycles. The van der Waals surface area contributed by atoms with Gasteiger partial charge in [0.05, 0.1) is 26.0 Å². The van der Waals surface area contributed by atoms with E-state index in [4.69, 9.17) is 18.9 Å². The van der Waals surface area contributed by atoms with E-state index in [1.807, 2.05) is 0 Å². The van der Waals surface area contributed by atoms with Crippen LogP contribution in [0.5, 0.6) is 11.9 Å². The highest BCUT2D eigenvalue weighted by atomic mass is 16.6. The molecule has 3 atom stereocenters. The minimum absolute atomic E-state index is 0.102. The molecule has 9 nitrogen and oxygen atoms in total. The fourth-order valence-corrected chi connectivity index (χ4v) is 3.10. The molecule has 0 spiro atoms. The molecule has 25 heavy (non-hydrogen) atoms. The molecule has 2 fully saturated rings. The van der Waals surface area contributed by atoms with Crippen LogP contribution in [-0.4, -0.2) is 53.4 Å². The van der Waals surface area contributed by atoms with Crippen molar-refractivity contribution in [2.75, 3.05) is 14.2 Å². The van der Waals surface area contributed by atoms with Crippen LogP contribution < -0.4 is 9.47 Å². The van der Waals surface area contributed by atoms with Gasteiger partial charge < -0.3 is 18.9 Å². The third-order valence-electron chi connectivity index (χ3n) is 4.34. The molecule has 136 valence electrons. The van der Waals surface area contributed by atoms with Gasteiger partial charge in [0.25, 0.3) is 0 Å². The standard InChI is InChI=1S/C16H21N3O6/c1-4-5-6-9-7-11-13(25-16(21)19(11)15(20)24-9)10-8-12(22-2)18-14(17-10)23-3/h8-9,11,13H,4-7H2,1-3H3/t9-,11-,13+/m1/s1. The molecule has 0 unspecified atom stereocenters. The van der Waals surface area contributed by atoms with E-state index in [-0.39, 0.29) is 18.0 Å². The number of unbranched alkanes of at least 4 members (excludes halogenated alkanes) is 1. The molecular weight excluding hydrogens is 330 g/mol. The Morgan fingerprint density at radius 3 is 2.64 bits per heavy atom. The van der Waals surface area contributed by atoms with Gasteiger partial charge in [-0.05, 0) is 6.42 Å². The molecule has 0 saturated carbocycles. The summed E-state index contributed by atoms with van der Waals surface area (Å²) in [6.45, 7) is 2.07. The molecule has 1 aromatic heterocycles. The summed E-state index contributed by atoms with van der Waals surface area (Å²) in [5, 5.41) is 0. The zero-order valence-corrected chi connectivity index (χ0v) is 14.4. The van der Waals surface area contributed by atoms with Gasteiger partial charge in [-0.3, -0.25) is 0 Å². The molecule has 0 bridgehead atoms. The zero-order chi connectivity index (χ0) is 18.0. The van der Waals surface area contributed by atoms with Crippen LogP contribution in [0.2, 0.25) is 0 Å². The SMILES string of the molecule is CCCC[C@@H]1C[C@@H]2[C@H](c3cc(OC)nc(OC)n3)OC(=O)N2C(=O)O1. The monoisotopic (exact) mass is 351 g/mol. The Balaban J connectivity index is 1.89. The van der Waals surface area contributed by atoms with Crippen molar-refractivity contribution in [3.05, 3.63) is 11.8 Å². The smallest absolute Gasteiger partial charge is 0.420 e. The first-order valence-electron chi connectivity index (χ1n) is 8.24. The van der Waals surface area contributed by atoms with Crippen LogP contribution in [0.15, 0.2) is 6.07 Å². The summed E-state index contributed by atoms with van der Waals surface area (Å²) >= 11 is 0. The van der Waals surface area contributed by atoms with E-state index >= 15 is 0 Å². The summed E-state index contributed by atoms with van der Waals surface area (Å²) in [6.07, 6.45) is 0.844. The molecule has 2 saturated heterocycles. The predicted octanol–water partition coefficient (Wildman–Crippen LogP) is 2.45. The maximum absolute atomic E-state index is 12.2. The van der Waals surface area contributed by atoms with Gasteiger partial charge >= 0.3 is 18.2 Å². The number of amides is 2. The average Bonchev–Trinajstić information content (AvgIpc) is 2.96. The first kappa shape index (κ1) is 17.2. The molecule has 2 aliphatic heterocycles. The average molecular weight is 351 g/mol. The minimum Gasteiger partial charge on any atom is -0.481 e. The summed E-state index contributed by atoms with van der Waals surface area (Å²) < 4.78 is 21.0. The number of fused-ring (bicyclic) bond motifs is 1. The van der Waals surface area contributed by atoms with E-state index < -0.39 is 24.3 Å². The van der Waals surface area contributed by atoms with Crippen molar-refractivity contribution in [2.45, 2.75) is 50.9 Å². The van der Waals surface area contributed by atoms with E-state index in [1.54, 1.807) is 6.07 Å². The summed E-state index contributed by atoms with van der Waals surface area (Å²) in [5.41, 5.74) is 0.425. The Kier molecular flexibility index (Phi) is 4.91. The van der Waals surface area contributed by atoms with Crippen molar-refractivity contribution in [1.29, 1.82) is 0 Å². The molecule has 2 amide bonds. The highest BCUT2D eigenvalue weighted by molar-refractivity contribution is 5.90. The number of rotatable bonds is 6. The number of carbonyl (C=O) groups excluding carboxylic acids is 2. The van der Waals surface area contributed by atoms with Crippen LogP contribution in [0.25, 0.3) is 0 Å². The van der Waals surface area contributed by atoms with E-state index in [0.717, 1.165) is 24.2 Å². The quantitative estimate of drug-likeness (QED) is 0.770. The van der Waals surface area contributed by atoms with Crippen molar-refractivity contribution in [3.63, 3.8) is 0 Å². The Morgan fingerprint density at radius 1 is 1.20 bits per heavy atom. The number of ether oxygens (including phenoxy) is 4. The van der Waals surface area contributed by atoms with Crippen molar-refractivity contribution in [2.24, 2.45) is 0 Å². The van der Waals surface area contributed by atoms with Gasteiger partial charge in [-0.25, -0.2) is 14.5 Å². The highest BCUT2D eigenvalue weighted by Gasteiger charge is 2.52. The van der Waals surface area contributed by atoms with E-state index in [0.29, 0.717) is 12.1 Å². The van der Waals surface area contributed by atoms with Crippen molar-refractivity contribution >= 4 is 12.2 Å². The fourth-order valence-electron chi connectivity index (χ4n) is 3.10. The zero-order valence-electron chi connectivity index (χ0n) is 14.4. The topological polar surface area (TPSA) is 100 Å². The first-order valence-corrected chi connectivity index (χ1v) is 8.24. The number of hydrogen-bond acceptors (Lipinski definition) is 8. The molecular formula is C16H21N3O6. The van der Waals surface area contributed by atoms with Crippen molar-refractivity contribution < 1.29 is 28.5 Å². The predicted molar refractivity (Wildman–Crippen MR) is 84.4 cm³/mol. The molecule has 0 aromatic carbocycles. The number of nitrogens with zero attached hydrogens (tertiary/aromatic N) is 3. The summed E-state index contributed by atoms with van der Waals surface area (Å²) in [6, 6.07) is 1.20. The maximum Gasteiger partial charge on any atom is 0.420 e. The second-order valence-corrected chi connectivity index (χ2v) is 5.95. The highest BCUT2D eigenvalue weighted by Crippen LogP contribution is 2.39. The van der Waals surface area contributed by atoms with E-state index in [2.05, 4.69) is 16.9 Å². The summed E-state index contributed by atoms with van der Waals surface area (Å²) in [7, 11) is 2.90. The molecule has 3 heterocycles. The van der Waals surface area contributed by atoms with E-state index in [9.17, 15) is 9.59 Å². The second-order valence-electron chi connectivity index (χ2n) is 5.95. The molecule has 2 aliphatic rings. The van der Waals surface area contributed by atoms with Gasteiger partial charge in [0.15, 0.2) is 6.10 Å². The maximum atomic E-state index is 12.2.